The first-order valence-electron chi connectivity index (χ1n) is 11.9. The molecule has 0 spiro atoms. The zero-order valence-electron chi connectivity index (χ0n) is 19.7. The Hall–Kier alpha value is -3.95. The Bertz CT molecular complexity index is 1480. The molecule has 186 valence electrons. The molecule has 2 N–H and O–H groups in total. The van der Waals surface area contributed by atoms with E-state index in [9.17, 15) is 19.5 Å². The van der Waals surface area contributed by atoms with Crippen molar-refractivity contribution in [3.8, 4) is 0 Å². The van der Waals surface area contributed by atoms with Gasteiger partial charge in [-0.15, -0.1) is 0 Å². The maximum Gasteiger partial charge on any atom is 0.329 e. The Kier molecular flexibility index (Phi) is 6.84. The normalized spacial score (nSPS) is 14.0. The minimum atomic E-state index is -0.998. The molecule has 36 heavy (non-hydrogen) atoms. The molecule has 9 nitrogen and oxygen atoms in total. The minimum Gasteiger partial charge on any atom is -0.481 e. The molecule has 1 fully saturated rings. The highest BCUT2D eigenvalue weighted by Gasteiger charge is 2.19. The number of carboxylic acid groups (broad SMARTS) is 1. The van der Waals surface area contributed by atoms with Crippen LogP contribution in [0.2, 0.25) is 0 Å². The number of hydrogen-bond donors (Lipinski definition) is 2. The maximum absolute atomic E-state index is 13.4. The van der Waals surface area contributed by atoms with Crippen LogP contribution in [0.4, 0.5) is 0 Å². The molecular weight excluding hydrogens is 462 g/mol. The molecule has 0 unspecified atom stereocenters. The van der Waals surface area contributed by atoms with Crippen LogP contribution in [0, 0.1) is 0 Å². The predicted octanol–water partition coefficient (Wildman–Crippen LogP) is 2.97. The largest absolute Gasteiger partial charge is 0.481 e. The van der Waals surface area contributed by atoms with Gasteiger partial charge in [0.25, 0.3) is 5.91 Å². The number of carbonyl (C=O) groups excluding carboxylic acids is 1. The molecular formula is C27H27N3O6. The monoisotopic (exact) mass is 489 g/mol. The fourth-order valence-electron chi connectivity index (χ4n) is 4.62. The fraction of sp³-hybridized carbons (Fsp3) is 0.296. The Morgan fingerprint density at radius 3 is 2.56 bits per heavy atom. The maximum atomic E-state index is 13.4. The van der Waals surface area contributed by atoms with Gasteiger partial charge < -0.3 is 19.9 Å². The molecule has 2 heterocycles. The van der Waals surface area contributed by atoms with E-state index < -0.39 is 5.97 Å². The van der Waals surface area contributed by atoms with Crippen molar-refractivity contribution in [1.29, 1.82) is 0 Å². The lowest BCUT2D eigenvalue weighted by molar-refractivity contribution is -0.137. The SMILES string of the molecule is O=C(O)CCn1c(=O)n(Cc2cccc3ccccc23)c2ccc(C(=O)NCCC3OCCO3)cc21. The lowest BCUT2D eigenvalue weighted by Crippen LogP contribution is -2.27. The molecule has 3 aromatic carbocycles. The van der Waals surface area contributed by atoms with Crippen LogP contribution >= 0.6 is 0 Å². The lowest BCUT2D eigenvalue weighted by Gasteiger charge is -2.10. The molecule has 1 saturated heterocycles. The Balaban J connectivity index is 1.47. The van der Waals surface area contributed by atoms with Crippen LogP contribution in [0.3, 0.4) is 0 Å². The van der Waals surface area contributed by atoms with Gasteiger partial charge in [0.1, 0.15) is 0 Å². The van der Waals surface area contributed by atoms with Crippen LogP contribution in [0.15, 0.2) is 65.5 Å². The van der Waals surface area contributed by atoms with E-state index >= 15 is 0 Å². The summed E-state index contributed by atoms with van der Waals surface area (Å²) in [4.78, 5) is 37.5. The van der Waals surface area contributed by atoms with E-state index in [0.717, 1.165) is 16.3 Å². The highest BCUT2D eigenvalue weighted by atomic mass is 16.7. The number of aliphatic carboxylic acids is 1. The van der Waals surface area contributed by atoms with E-state index in [2.05, 4.69) is 5.32 Å². The first-order valence-corrected chi connectivity index (χ1v) is 11.9. The van der Waals surface area contributed by atoms with Crippen molar-refractivity contribution in [3.05, 3.63) is 82.3 Å². The second-order valence-electron chi connectivity index (χ2n) is 8.72. The van der Waals surface area contributed by atoms with Gasteiger partial charge in [0.05, 0.1) is 37.2 Å². The van der Waals surface area contributed by atoms with Crippen molar-refractivity contribution >= 4 is 33.7 Å². The van der Waals surface area contributed by atoms with E-state index in [1.54, 1.807) is 22.8 Å². The van der Waals surface area contributed by atoms with Crippen molar-refractivity contribution in [3.63, 3.8) is 0 Å². The molecule has 1 aliphatic rings. The number of nitrogens with zero attached hydrogens (tertiary/aromatic N) is 2. The Morgan fingerprint density at radius 2 is 1.75 bits per heavy atom. The lowest BCUT2D eigenvalue weighted by atomic mass is 10.0. The van der Waals surface area contributed by atoms with Gasteiger partial charge in [-0.1, -0.05) is 42.5 Å². The zero-order valence-corrected chi connectivity index (χ0v) is 19.7. The number of aryl methyl sites for hydroxylation is 1. The van der Waals surface area contributed by atoms with Gasteiger partial charge in [-0.2, -0.15) is 0 Å². The van der Waals surface area contributed by atoms with Crippen LogP contribution in [-0.4, -0.2) is 52.2 Å². The number of hydrogen-bond acceptors (Lipinski definition) is 5. The second kappa shape index (κ2) is 10.3. The third-order valence-corrected chi connectivity index (χ3v) is 6.40. The molecule has 0 aliphatic carbocycles. The van der Waals surface area contributed by atoms with E-state index in [0.29, 0.717) is 49.3 Å². The average molecular weight is 490 g/mol. The van der Waals surface area contributed by atoms with Gasteiger partial charge in [0.2, 0.25) is 0 Å². The van der Waals surface area contributed by atoms with Crippen molar-refractivity contribution in [2.75, 3.05) is 19.8 Å². The van der Waals surface area contributed by atoms with Crippen LogP contribution in [0.25, 0.3) is 21.8 Å². The molecule has 1 amide bonds. The van der Waals surface area contributed by atoms with Gasteiger partial charge in [-0.25, -0.2) is 4.79 Å². The number of carbonyl (C=O) groups is 2. The Morgan fingerprint density at radius 1 is 0.972 bits per heavy atom. The number of rotatable bonds is 9. The summed E-state index contributed by atoms with van der Waals surface area (Å²) < 4.78 is 13.8. The molecule has 0 radical (unpaired) electrons. The number of nitrogens with one attached hydrogen (secondary N) is 1. The number of carboxylic acids is 1. The number of imidazole rings is 1. The minimum absolute atomic E-state index is 0.00857. The van der Waals surface area contributed by atoms with Gasteiger partial charge >= 0.3 is 11.7 Å². The summed E-state index contributed by atoms with van der Waals surface area (Å²) in [5.74, 6) is -1.28. The standard InChI is InChI=1S/C27H27N3O6/c31-24(32)11-13-29-23-16-19(26(33)28-12-10-25-35-14-15-36-25)8-9-22(23)30(27(29)34)17-20-6-3-5-18-4-1-2-7-21(18)20/h1-9,16,25H,10-15,17H2,(H,28,33)(H,31,32). The summed E-state index contributed by atoms with van der Waals surface area (Å²) in [5, 5.41) is 14.2. The zero-order chi connectivity index (χ0) is 25.1. The third-order valence-electron chi connectivity index (χ3n) is 6.40. The van der Waals surface area contributed by atoms with Gasteiger partial charge in [-0.3, -0.25) is 18.7 Å². The summed E-state index contributed by atoms with van der Waals surface area (Å²) in [6, 6.07) is 19.0. The van der Waals surface area contributed by atoms with Gasteiger partial charge in [0.15, 0.2) is 6.29 Å². The molecule has 9 heteroatoms. The first-order chi connectivity index (χ1) is 17.5. The summed E-state index contributed by atoms with van der Waals surface area (Å²) in [7, 11) is 0. The average Bonchev–Trinajstić information content (AvgIpc) is 3.49. The highest BCUT2D eigenvalue weighted by Crippen LogP contribution is 2.22. The van der Waals surface area contributed by atoms with E-state index in [1.807, 2.05) is 42.5 Å². The topological polar surface area (TPSA) is 112 Å². The number of aromatic nitrogens is 2. The summed E-state index contributed by atoms with van der Waals surface area (Å²) >= 11 is 0. The summed E-state index contributed by atoms with van der Waals surface area (Å²) in [6.45, 7) is 1.83. The number of benzene rings is 3. The number of fused-ring (bicyclic) bond motifs is 2. The molecule has 1 aliphatic heterocycles. The molecule has 1 aromatic heterocycles. The van der Waals surface area contributed by atoms with Crippen LogP contribution in [0.5, 0.6) is 0 Å². The quantitative estimate of drug-likeness (QED) is 0.374. The smallest absolute Gasteiger partial charge is 0.329 e. The second-order valence-corrected chi connectivity index (χ2v) is 8.72. The molecule has 5 rings (SSSR count). The molecule has 4 aromatic rings. The molecule has 0 atom stereocenters. The van der Waals surface area contributed by atoms with E-state index in [-0.39, 0.29) is 30.9 Å². The van der Waals surface area contributed by atoms with Crippen LogP contribution in [-0.2, 0) is 27.4 Å². The molecule has 0 bridgehead atoms. The van der Waals surface area contributed by atoms with Crippen LogP contribution < -0.4 is 11.0 Å². The number of ether oxygens (including phenoxy) is 2. The highest BCUT2D eigenvalue weighted by molar-refractivity contribution is 5.97. The first kappa shape index (κ1) is 23.8. The summed E-state index contributed by atoms with van der Waals surface area (Å²) in [5.41, 5.74) is 2.22. The predicted molar refractivity (Wildman–Crippen MR) is 134 cm³/mol. The van der Waals surface area contributed by atoms with Crippen molar-refractivity contribution in [2.24, 2.45) is 0 Å². The van der Waals surface area contributed by atoms with Crippen molar-refractivity contribution in [2.45, 2.75) is 32.2 Å². The van der Waals surface area contributed by atoms with Gasteiger partial charge in [-0.05, 0) is 34.5 Å². The van der Waals surface area contributed by atoms with Crippen molar-refractivity contribution in [1.82, 2.24) is 14.5 Å². The van der Waals surface area contributed by atoms with Gasteiger partial charge in [0, 0.05) is 25.1 Å². The molecule has 0 saturated carbocycles. The fourth-order valence-corrected chi connectivity index (χ4v) is 4.62. The Labute approximate surface area is 206 Å². The van der Waals surface area contributed by atoms with Crippen LogP contribution in [0.1, 0.15) is 28.8 Å². The number of amides is 1. The van der Waals surface area contributed by atoms with E-state index in [4.69, 9.17) is 9.47 Å². The van der Waals surface area contributed by atoms with E-state index in [1.165, 1.54) is 4.57 Å². The summed E-state index contributed by atoms with van der Waals surface area (Å²) in [6.07, 6.45) is 0.0289. The van der Waals surface area contributed by atoms with Crippen molar-refractivity contribution < 1.29 is 24.2 Å². The third kappa shape index (κ3) is 4.89.